The van der Waals surface area contributed by atoms with Crippen molar-refractivity contribution in [3.63, 3.8) is 0 Å². The van der Waals surface area contributed by atoms with E-state index in [0.29, 0.717) is 46.9 Å². The van der Waals surface area contributed by atoms with Crippen LogP contribution in [0.25, 0.3) is 16.6 Å². The summed E-state index contributed by atoms with van der Waals surface area (Å²) in [5.41, 5.74) is -1.05. The van der Waals surface area contributed by atoms with Crippen LogP contribution in [0.15, 0.2) is 70.5 Å². The molecule has 3 heterocycles. The highest BCUT2D eigenvalue weighted by Gasteiger charge is 2.26. The molecule has 242 valence electrons. The number of halogens is 2. The van der Waals surface area contributed by atoms with E-state index in [1.165, 1.54) is 31.4 Å². The highest BCUT2D eigenvalue weighted by molar-refractivity contribution is 6.04. The maximum atomic E-state index is 15.5. The van der Waals surface area contributed by atoms with Crippen LogP contribution in [0.4, 0.5) is 14.5 Å². The third kappa shape index (κ3) is 6.10. The molecule has 0 unspecified atom stereocenters. The zero-order chi connectivity index (χ0) is 33.2. The fourth-order valence-corrected chi connectivity index (χ4v) is 5.02. The van der Waals surface area contributed by atoms with Gasteiger partial charge in [-0.2, -0.15) is 0 Å². The molecule has 0 atom stereocenters. The average Bonchev–Trinajstić information content (AvgIpc) is 3.06. The number of aryl methyl sites for hydroxylation is 2. The van der Waals surface area contributed by atoms with Crippen molar-refractivity contribution in [3.05, 3.63) is 105 Å². The lowest BCUT2D eigenvalue weighted by molar-refractivity contribution is 0.102. The molecule has 12 nitrogen and oxygen atoms in total. The number of hydrogen-bond acceptors (Lipinski definition) is 9. The van der Waals surface area contributed by atoms with E-state index in [4.69, 9.17) is 23.7 Å². The first-order chi connectivity index (χ1) is 22.7. The van der Waals surface area contributed by atoms with Gasteiger partial charge in [-0.1, -0.05) is 0 Å². The molecule has 0 bridgehead atoms. The molecule has 1 aliphatic heterocycles. The van der Waals surface area contributed by atoms with Gasteiger partial charge in [0.2, 0.25) is 5.75 Å². The van der Waals surface area contributed by atoms with Crippen LogP contribution >= 0.6 is 0 Å². The minimum absolute atomic E-state index is 0.0629. The number of rotatable bonds is 9. The van der Waals surface area contributed by atoms with Crippen LogP contribution in [0.5, 0.6) is 28.7 Å². The molecule has 1 N–H and O–H groups in total. The second-order valence-corrected chi connectivity index (χ2v) is 10.5. The van der Waals surface area contributed by atoms with Gasteiger partial charge in [0.25, 0.3) is 11.5 Å². The lowest BCUT2D eigenvalue weighted by Crippen LogP contribution is -2.41. The summed E-state index contributed by atoms with van der Waals surface area (Å²) in [5.74, 6) is -1.05. The van der Waals surface area contributed by atoms with Gasteiger partial charge in [-0.15, -0.1) is 0 Å². The van der Waals surface area contributed by atoms with E-state index in [0.717, 1.165) is 33.5 Å². The van der Waals surface area contributed by atoms with Gasteiger partial charge in [0, 0.05) is 44.4 Å². The first-order valence-corrected chi connectivity index (χ1v) is 14.4. The number of carbonyl (C=O) groups is 1. The van der Waals surface area contributed by atoms with Gasteiger partial charge in [-0.05, 0) is 48.9 Å². The van der Waals surface area contributed by atoms with Gasteiger partial charge >= 0.3 is 5.69 Å². The molecule has 0 spiro atoms. The number of anilines is 1. The van der Waals surface area contributed by atoms with Gasteiger partial charge < -0.3 is 33.6 Å². The zero-order valence-electron chi connectivity index (χ0n) is 25.5. The monoisotopic (exact) mass is 646 g/mol. The largest absolute Gasteiger partial charge is 0.487 e. The van der Waals surface area contributed by atoms with Crippen LogP contribution in [0, 0.1) is 18.6 Å². The maximum absolute atomic E-state index is 15.5. The van der Waals surface area contributed by atoms with Crippen molar-refractivity contribution in [1.82, 2.24) is 14.1 Å². The quantitative estimate of drug-likeness (QED) is 0.230. The third-order valence-corrected chi connectivity index (χ3v) is 7.31. The number of nitrogens with one attached hydrogen (secondary N) is 1. The molecule has 0 saturated carbocycles. The van der Waals surface area contributed by atoms with Crippen molar-refractivity contribution in [3.8, 4) is 34.4 Å². The van der Waals surface area contributed by atoms with Crippen LogP contribution < -0.4 is 35.5 Å². The van der Waals surface area contributed by atoms with Crippen LogP contribution in [0.2, 0.25) is 0 Å². The number of carbonyl (C=O) groups excluding carboxylic acids is 1. The maximum Gasteiger partial charge on any atom is 0.335 e. The SMILES string of the molecule is COCCOc1cc2nccc(Oc3cc(C)c(NC(=O)c4cn(C)c(=O)n(-c5ccc(F)cc5)c4=O)cc3F)c2c2c1OCCO2. The molecule has 0 saturated heterocycles. The summed E-state index contributed by atoms with van der Waals surface area (Å²) in [6, 6.07) is 10.3. The fraction of sp³-hybridized carbons (Fsp3) is 0.212. The Kier molecular flexibility index (Phi) is 8.59. The van der Waals surface area contributed by atoms with E-state index < -0.39 is 34.4 Å². The molecule has 0 radical (unpaired) electrons. The number of nitrogens with zero attached hydrogens (tertiary/aromatic N) is 3. The molecular weight excluding hydrogens is 618 g/mol. The zero-order valence-corrected chi connectivity index (χ0v) is 25.5. The Labute approximate surface area is 265 Å². The summed E-state index contributed by atoms with van der Waals surface area (Å²) in [6.45, 7) is 2.82. The molecule has 47 heavy (non-hydrogen) atoms. The molecular formula is C33H28F2N4O8. The number of hydrogen-bond donors (Lipinski definition) is 1. The van der Waals surface area contributed by atoms with Crippen molar-refractivity contribution in [2.45, 2.75) is 6.92 Å². The van der Waals surface area contributed by atoms with E-state index >= 15 is 4.39 Å². The Hall–Kier alpha value is -5.76. The minimum atomic E-state index is -0.929. The fourth-order valence-electron chi connectivity index (χ4n) is 5.02. The predicted octanol–water partition coefficient (Wildman–Crippen LogP) is 4.51. The molecule has 2 aromatic heterocycles. The number of methoxy groups -OCH3 is 1. The van der Waals surface area contributed by atoms with Gasteiger partial charge in [0.15, 0.2) is 23.1 Å². The highest BCUT2D eigenvalue weighted by Crippen LogP contribution is 2.48. The summed E-state index contributed by atoms with van der Waals surface area (Å²) >= 11 is 0. The number of aromatic nitrogens is 3. The van der Waals surface area contributed by atoms with Crippen LogP contribution in [-0.4, -0.2) is 53.6 Å². The smallest absolute Gasteiger partial charge is 0.335 e. The third-order valence-electron chi connectivity index (χ3n) is 7.31. The second kappa shape index (κ2) is 12.9. The van der Waals surface area contributed by atoms with Crippen LogP contribution in [0.1, 0.15) is 15.9 Å². The van der Waals surface area contributed by atoms with Crippen LogP contribution in [0.3, 0.4) is 0 Å². The first kappa shape index (κ1) is 31.2. The topological polar surface area (TPSA) is 132 Å². The van der Waals surface area contributed by atoms with E-state index in [2.05, 4.69) is 10.3 Å². The summed E-state index contributed by atoms with van der Waals surface area (Å²) in [5, 5.41) is 2.99. The lowest BCUT2D eigenvalue weighted by Gasteiger charge is -2.23. The molecule has 0 fully saturated rings. The van der Waals surface area contributed by atoms with E-state index in [9.17, 15) is 18.8 Å². The molecule has 1 aliphatic rings. The molecule has 5 aromatic rings. The molecule has 14 heteroatoms. The second-order valence-electron chi connectivity index (χ2n) is 10.5. The molecule has 0 aliphatic carbocycles. The molecule has 3 aromatic carbocycles. The standard InChI is InChI=1S/C33H28F2N4O8/c1-18-14-26(47-25-8-9-36-24-16-27(44-11-10-43-3)29-30(28(24)25)46-13-12-45-29)22(35)15-23(18)37-31(40)21-17-38(2)33(42)39(32(21)41)20-6-4-19(34)5-7-20/h4-9,14-17H,10-13H2,1-3H3,(H,37,40). The van der Waals surface area contributed by atoms with Gasteiger partial charge in [-0.3, -0.25) is 14.6 Å². The van der Waals surface area contributed by atoms with Crippen molar-refractivity contribution < 1.29 is 37.3 Å². The van der Waals surface area contributed by atoms with E-state index in [1.54, 1.807) is 26.2 Å². The van der Waals surface area contributed by atoms with Gasteiger partial charge in [-0.25, -0.2) is 18.1 Å². The highest BCUT2D eigenvalue weighted by atomic mass is 19.1. The van der Waals surface area contributed by atoms with Crippen molar-refractivity contribution >= 4 is 22.5 Å². The Morgan fingerprint density at radius 3 is 2.47 bits per heavy atom. The number of amides is 1. The molecule has 1 amide bonds. The van der Waals surface area contributed by atoms with Crippen molar-refractivity contribution in [2.24, 2.45) is 7.05 Å². The van der Waals surface area contributed by atoms with Crippen molar-refractivity contribution in [2.75, 3.05) is 38.9 Å². The Bertz CT molecular complexity index is 2130. The van der Waals surface area contributed by atoms with E-state index in [1.807, 2.05) is 0 Å². The Balaban J connectivity index is 1.30. The predicted molar refractivity (Wildman–Crippen MR) is 167 cm³/mol. The number of ether oxygens (including phenoxy) is 5. The Morgan fingerprint density at radius 2 is 1.72 bits per heavy atom. The average molecular weight is 647 g/mol. The van der Waals surface area contributed by atoms with Crippen molar-refractivity contribution in [1.29, 1.82) is 0 Å². The summed E-state index contributed by atoms with van der Waals surface area (Å²) in [6.07, 6.45) is 2.58. The number of benzene rings is 3. The summed E-state index contributed by atoms with van der Waals surface area (Å²) in [7, 11) is 2.93. The minimum Gasteiger partial charge on any atom is -0.487 e. The summed E-state index contributed by atoms with van der Waals surface area (Å²) < 4.78 is 59.5. The number of pyridine rings is 1. The Morgan fingerprint density at radius 1 is 0.979 bits per heavy atom. The lowest BCUT2D eigenvalue weighted by atomic mass is 10.1. The van der Waals surface area contributed by atoms with Crippen LogP contribution in [-0.2, 0) is 11.8 Å². The molecule has 6 rings (SSSR count). The van der Waals surface area contributed by atoms with E-state index in [-0.39, 0.29) is 36.1 Å². The normalized spacial score (nSPS) is 12.2. The van der Waals surface area contributed by atoms with Gasteiger partial charge in [0.05, 0.1) is 23.2 Å². The first-order valence-electron chi connectivity index (χ1n) is 14.4. The van der Waals surface area contributed by atoms with Gasteiger partial charge in [0.1, 0.15) is 37.0 Å². The summed E-state index contributed by atoms with van der Waals surface area (Å²) in [4.78, 5) is 43.6. The number of fused-ring (bicyclic) bond motifs is 3.